The lowest BCUT2D eigenvalue weighted by Gasteiger charge is -2.29. The number of fused-ring (bicyclic) bond motifs is 1. The standard InChI is InChI=1S/C17H23NO9S/c1-17(2,9-5-18-9)16(21)25-6-10(19)26-12-7-4-8-13(12)27-28(22,23)14(8)11(7)15(20)24-3/h7-9,11-14,18H,4-6H2,1-3H3. The smallest absolute Gasteiger partial charge is 0.344 e. The average molecular weight is 417 g/mol. The zero-order valence-electron chi connectivity index (χ0n) is 15.7. The predicted octanol–water partition coefficient (Wildman–Crippen LogP) is -1.02. The molecule has 2 aliphatic heterocycles. The van der Waals surface area contributed by atoms with Gasteiger partial charge < -0.3 is 19.5 Å². The molecule has 11 heteroatoms. The molecule has 2 heterocycles. The quantitative estimate of drug-likeness (QED) is 0.247. The summed E-state index contributed by atoms with van der Waals surface area (Å²) in [5.41, 5.74) is -0.765. The molecule has 0 radical (unpaired) electrons. The van der Waals surface area contributed by atoms with Gasteiger partial charge in [-0.25, -0.2) is 4.79 Å². The second-order valence-electron chi connectivity index (χ2n) is 8.34. The van der Waals surface area contributed by atoms with Gasteiger partial charge in [-0.1, -0.05) is 0 Å². The van der Waals surface area contributed by atoms with Crippen LogP contribution in [0.3, 0.4) is 0 Å². The van der Waals surface area contributed by atoms with Gasteiger partial charge >= 0.3 is 17.9 Å². The Kier molecular flexibility index (Phi) is 4.47. The van der Waals surface area contributed by atoms with Crippen LogP contribution < -0.4 is 5.32 Å². The summed E-state index contributed by atoms with van der Waals surface area (Å²) in [6.07, 6.45) is -1.31. The van der Waals surface area contributed by atoms with Crippen LogP contribution in [0.5, 0.6) is 0 Å². The van der Waals surface area contributed by atoms with Crippen LogP contribution >= 0.6 is 0 Å². The lowest BCUT2D eigenvalue weighted by atomic mass is 9.84. The lowest BCUT2D eigenvalue weighted by molar-refractivity contribution is -0.173. The molecule has 7 atom stereocenters. The number of esters is 3. The third-order valence-electron chi connectivity index (χ3n) is 6.40. The van der Waals surface area contributed by atoms with E-state index in [2.05, 4.69) is 5.32 Å². The molecule has 2 aliphatic carbocycles. The largest absolute Gasteiger partial charge is 0.469 e. The Morgan fingerprint density at radius 3 is 2.50 bits per heavy atom. The van der Waals surface area contributed by atoms with Crippen LogP contribution in [0, 0.1) is 23.2 Å². The maximum absolute atomic E-state index is 12.3. The minimum Gasteiger partial charge on any atom is -0.469 e. The van der Waals surface area contributed by atoms with Crippen molar-refractivity contribution in [2.45, 2.75) is 43.8 Å². The number of ether oxygens (including phenoxy) is 3. The zero-order chi connectivity index (χ0) is 20.4. The average Bonchev–Trinajstić information content (AvgIpc) is 3.31. The molecule has 4 fully saturated rings. The monoisotopic (exact) mass is 417 g/mol. The van der Waals surface area contributed by atoms with E-state index >= 15 is 0 Å². The fourth-order valence-electron chi connectivity index (χ4n) is 4.80. The Morgan fingerprint density at radius 2 is 1.89 bits per heavy atom. The SMILES string of the molecule is COC(=O)C1C2CC3C(OS(=O)(=O)C31)C2OC(=O)COC(=O)C(C)(C)C1CN1. The molecule has 0 aromatic rings. The number of rotatable bonds is 6. The molecule has 0 spiro atoms. The first-order valence-electron chi connectivity index (χ1n) is 9.18. The van der Waals surface area contributed by atoms with Crippen LogP contribution in [0.15, 0.2) is 0 Å². The molecular formula is C17H23NO9S. The predicted molar refractivity (Wildman–Crippen MR) is 91.1 cm³/mol. The molecule has 2 bridgehead atoms. The highest BCUT2D eigenvalue weighted by Gasteiger charge is 2.72. The van der Waals surface area contributed by atoms with Gasteiger partial charge in [0, 0.05) is 24.4 Å². The topological polar surface area (TPSA) is 144 Å². The summed E-state index contributed by atoms with van der Waals surface area (Å²) in [4.78, 5) is 36.6. The summed E-state index contributed by atoms with van der Waals surface area (Å²) in [6.45, 7) is 3.56. The second kappa shape index (κ2) is 6.39. The third kappa shape index (κ3) is 2.91. The molecule has 156 valence electrons. The van der Waals surface area contributed by atoms with Crippen LogP contribution in [0.2, 0.25) is 0 Å². The van der Waals surface area contributed by atoms with Crippen LogP contribution in [0.4, 0.5) is 0 Å². The molecular weight excluding hydrogens is 394 g/mol. The number of hydrogen-bond donors (Lipinski definition) is 1. The molecule has 0 aromatic heterocycles. The summed E-state index contributed by atoms with van der Waals surface area (Å²) in [6, 6.07) is 0.0106. The van der Waals surface area contributed by atoms with Crippen molar-refractivity contribution in [1.82, 2.24) is 5.32 Å². The number of methoxy groups -OCH3 is 1. The molecule has 7 unspecified atom stereocenters. The first kappa shape index (κ1) is 19.6. The van der Waals surface area contributed by atoms with E-state index in [0.29, 0.717) is 13.0 Å². The first-order valence-corrected chi connectivity index (χ1v) is 10.6. The molecule has 1 N–H and O–H groups in total. The minimum absolute atomic E-state index is 0.0106. The van der Waals surface area contributed by atoms with E-state index in [1.807, 2.05) is 0 Å². The van der Waals surface area contributed by atoms with E-state index in [9.17, 15) is 22.8 Å². The minimum atomic E-state index is -3.94. The normalized spacial score (nSPS) is 39.5. The van der Waals surface area contributed by atoms with Gasteiger partial charge in [-0.3, -0.25) is 13.8 Å². The Bertz CT molecular complexity index is 818. The van der Waals surface area contributed by atoms with Crippen molar-refractivity contribution in [3.8, 4) is 0 Å². The van der Waals surface area contributed by atoms with Crippen molar-refractivity contribution in [1.29, 1.82) is 0 Å². The lowest BCUT2D eigenvalue weighted by Crippen LogP contribution is -2.46. The molecule has 2 saturated carbocycles. The number of nitrogens with one attached hydrogen (secondary N) is 1. The van der Waals surface area contributed by atoms with Crippen molar-refractivity contribution in [3.63, 3.8) is 0 Å². The molecule has 2 saturated heterocycles. The van der Waals surface area contributed by atoms with Gasteiger partial charge in [-0.2, -0.15) is 8.42 Å². The van der Waals surface area contributed by atoms with E-state index in [4.69, 9.17) is 18.4 Å². The van der Waals surface area contributed by atoms with Gasteiger partial charge in [0.15, 0.2) is 6.61 Å². The molecule has 10 nitrogen and oxygen atoms in total. The van der Waals surface area contributed by atoms with Crippen LogP contribution in [0.25, 0.3) is 0 Å². The summed E-state index contributed by atoms with van der Waals surface area (Å²) < 4.78 is 45.0. The van der Waals surface area contributed by atoms with Gasteiger partial charge in [0.25, 0.3) is 10.1 Å². The molecule has 0 aromatic carbocycles. The van der Waals surface area contributed by atoms with Crippen molar-refractivity contribution in [3.05, 3.63) is 0 Å². The van der Waals surface area contributed by atoms with Crippen molar-refractivity contribution in [2.24, 2.45) is 23.2 Å². The molecule has 4 aliphatic rings. The summed E-state index contributed by atoms with van der Waals surface area (Å²) in [7, 11) is -2.75. The van der Waals surface area contributed by atoms with E-state index in [-0.39, 0.29) is 6.04 Å². The maximum Gasteiger partial charge on any atom is 0.344 e. The van der Waals surface area contributed by atoms with E-state index in [0.717, 1.165) is 0 Å². The van der Waals surface area contributed by atoms with Gasteiger partial charge in [-0.15, -0.1) is 0 Å². The molecule has 4 rings (SSSR count). The van der Waals surface area contributed by atoms with E-state index < -0.39 is 75.3 Å². The first-order chi connectivity index (χ1) is 13.1. The van der Waals surface area contributed by atoms with E-state index in [1.54, 1.807) is 13.8 Å². The summed E-state index contributed by atoms with van der Waals surface area (Å²) >= 11 is 0. The fourth-order valence-corrected chi connectivity index (χ4v) is 6.85. The number of carbonyl (C=O) groups excluding carboxylic acids is 3. The van der Waals surface area contributed by atoms with Crippen molar-refractivity contribution >= 4 is 28.0 Å². The van der Waals surface area contributed by atoms with Gasteiger partial charge in [0.2, 0.25) is 0 Å². The Hall–Kier alpha value is -1.72. The number of carbonyl (C=O) groups is 3. The second-order valence-corrected chi connectivity index (χ2v) is 10.1. The highest BCUT2D eigenvalue weighted by atomic mass is 32.2. The number of hydrogen-bond acceptors (Lipinski definition) is 10. The third-order valence-corrected chi connectivity index (χ3v) is 8.20. The van der Waals surface area contributed by atoms with Gasteiger partial charge in [0.05, 0.1) is 18.4 Å². The zero-order valence-corrected chi connectivity index (χ0v) is 16.6. The molecule has 0 amide bonds. The Balaban J connectivity index is 1.42. The van der Waals surface area contributed by atoms with Crippen LogP contribution in [-0.4, -0.2) is 70.1 Å². The highest BCUT2D eigenvalue weighted by molar-refractivity contribution is 7.87. The van der Waals surface area contributed by atoms with Crippen molar-refractivity contribution in [2.75, 3.05) is 20.3 Å². The Labute approximate surface area is 162 Å². The summed E-state index contributed by atoms with van der Waals surface area (Å²) in [5, 5.41) is 2.07. The summed E-state index contributed by atoms with van der Waals surface area (Å²) in [5.74, 6) is -3.84. The van der Waals surface area contributed by atoms with Crippen LogP contribution in [0.1, 0.15) is 20.3 Å². The van der Waals surface area contributed by atoms with E-state index in [1.165, 1.54) is 7.11 Å². The van der Waals surface area contributed by atoms with Gasteiger partial charge in [0.1, 0.15) is 17.5 Å². The van der Waals surface area contributed by atoms with Crippen molar-refractivity contribution < 1.29 is 41.2 Å². The maximum atomic E-state index is 12.3. The Morgan fingerprint density at radius 1 is 1.21 bits per heavy atom. The highest BCUT2D eigenvalue weighted by Crippen LogP contribution is 2.58. The van der Waals surface area contributed by atoms with Gasteiger partial charge in [-0.05, 0) is 20.3 Å². The molecule has 28 heavy (non-hydrogen) atoms. The fraction of sp³-hybridized carbons (Fsp3) is 0.824. The van der Waals surface area contributed by atoms with Crippen LogP contribution in [-0.2, 0) is 42.9 Å².